The van der Waals surface area contributed by atoms with Crippen LogP contribution >= 0.6 is 0 Å². The topological polar surface area (TPSA) is 35.6 Å². The van der Waals surface area contributed by atoms with Gasteiger partial charge in [0.05, 0.1) is 0 Å². The van der Waals surface area contributed by atoms with Crippen molar-refractivity contribution in [3.63, 3.8) is 0 Å². The summed E-state index contributed by atoms with van der Waals surface area (Å²) in [4.78, 5) is 15.9. The summed E-state index contributed by atoms with van der Waals surface area (Å²) in [6.45, 7) is 11.0. The molecule has 1 N–H and O–H groups in total. The highest BCUT2D eigenvalue weighted by molar-refractivity contribution is 5.81. The summed E-state index contributed by atoms with van der Waals surface area (Å²) in [5.74, 6) is 1.39. The number of anilines is 1. The highest BCUT2D eigenvalue weighted by Crippen LogP contribution is 2.31. The minimum Gasteiger partial charge on any atom is -0.328 e. The second kappa shape index (κ2) is 8.16. The van der Waals surface area contributed by atoms with Gasteiger partial charge in [0, 0.05) is 18.7 Å². The number of hydrogen-bond acceptors (Lipinski definition) is 3. The third kappa shape index (κ3) is 4.35. The van der Waals surface area contributed by atoms with Crippen LogP contribution in [0.2, 0.25) is 0 Å². The lowest BCUT2D eigenvalue weighted by molar-refractivity contribution is -0.120. The highest BCUT2D eigenvalue weighted by Gasteiger charge is 2.22. The summed E-state index contributed by atoms with van der Waals surface area (Å²) in [6.07, 6.45) is 2.97. The van der Waals surface area contributed by atoms with Crippen LogP contribution in [0.25, 0.3) is 0 Å². The normalized spacial score (nSPS) is 19.9. The first-order valence-electron chi connectivity index (χ1n) is 8.68. The number of carbonyl (C=O) groups excluding carboxylic acids is 1. The van der Waals surface area contributed by atoms with E-state index in [4.69, 9.17) is 0 Å². The Kier molecular flexibility index (Phi) is 6.22. The van der Waals surface area contributed by atoms with Crippen LogP contribution in [0.1, 0.15) is 44.6 Å². The fourth-order valence-electron chi connectivity index (χ4n) is 3.21. The second-order valence-electron chi connectivity index (χ2n) is 6.07. The van der Waals surface area contributed by atoms with Crippen molar-refractivity contribution in [2.45, 2.75) is 39.0 Å². The van der Waals surface area contributed by atoms with Crippen molar-refractivity contribution in [3.8, 4) is 0 Å². The monoisotopic (exact) mass is 315 g/mol. The first kappa shape index (κ1) is 17.5. The van der Waals surface area contributed by atoms with Crippen molar-refractivity contribution < 1.29 is 4.79 Å². The van der Waals surface area contributed by atoms with E-state index in [1.807, 2.05) is 13.8 Å². The van der Waals surface area contributed by atoms with E-state index in [2.05, 4.69) is 53.0 Å². The molecule has 1 aromatic rings. The standard InChI is InChI=1S/C17H23N3O.C2H6/c1-13-18-17(21)8-11-20(13)16-5-3-4-15(12-16)14-6-9-19(2)10-7-14;1-2/h3-5,12,14H,1,6-11H2,2H3,(H,18,21);1-2H3. The lowest BCUT2D eigenvalue weighted by atomic mass is 9.89. The fraction of sp³-hybridized carbons (Fsp3) is 0.526. The largest absolute Gasteiger partial charge is 0.328 e. The van der Waals surface area contributed by atoms with E-state index >= 15 is 0 Å². The Hall–Kier alpha value is -1.81. The van der Waals surface area contributed by atoms with Gasteiger partial charge in [-0.1, -0.05) is 32.6 Å². The van der Waals surface area contributed by atoms with Gasteiger partial charge in [-0.2, -0.15) is 0 Å². The molecule has 0 aromatic heterocycles. The van der Waals surface area contributed by atoms with E-state index in [0.29, 0.717) is 24.7 Å². The summed E-state index contributed by atoms with van der Waals surface area (Å²) in [5, 5.41) is 2.82. The Labute approximate surface area is 140 Å². The molecule has 2 fully saturated rings. The van der Waals surface area contributed by atoms with Gasteiger partial charge in [0.1, 0.15) is 5.82 Å². The van der Waals surface area contributed by atoms with Crippen molar-refractivity contribution >= 4 is 11.6 Å². The van der Waals surface area contributed by atoms with Crippen molar-refractivity contribution in [3.05, 3.63) is 42.2 Å². The van der Waals surface area contributed by atoms with Gasteiger partial charge in [-0.3, -0.25) is 4.79 Å². The van der Waals surface area contributed by atoms with Gasteiger partial charge in [-0.25, -0.2) is 0 Å². The molecule has 2 heterocycles. The zero-order chi connectivity index (χ0) is 16.8. The maximum absolute atomic E-state index is 11.4. The maximum Gasteiger partial charge on any atom is 0.227 e. The Bertz CT molecular complexity index is 547. The van der Waals surface area contributed by atoms with Crippen molar-refractivity contribution in [2.24, 2.45) is 0 Å². The summed E-state index contributed by atoms with van der Waals surface area (Å²) in [7, 11) is 2.19. The Morgan fingerprint density at radius 2 is 1.87 bits per heavy atom. The van der Waals surface area contributed by atoms with Crippen LogP contribution in [0.5, 0.6) is 0 Å². The van der Waals surface area contributed by atoms with E-state index in [9.17, 15) is 4.79 Å². The molecule has 0 radical (unpaired) electrons. The number of benzene rings is 1. The first-order chi connectivity index (χ1) is 11.1. The molecular weight excluding hydrogens is 286 g/mol. The van der Waals surface area contributed by atoms with E-state index < -0.39 is 0 Å². The molecule has 126 valence electrons. The zero-order valence-electron chi connectivity index (χ0n) is 14.6. The SMILES string of the molecule is C=C1NC(=O)CCN1c1cccc(C2CCN(C)CC2)c1.CC. The number of nitrogens with one attached hydrogen (secondary N) is 1. The number of hydrogen-bond donors (Lipinski definition) is 1. The van der Waals surface area contributed by atoms with E-state index in [-0.39, 0.29) is 5.91 Å². The summed E-state index contributed by atoms with van der Waals surface area (Å²) in [6, 6.07) is 8.71. The van der Waals surface area contributed by atoms with Crippen LogP contribution in [0, 0.1) is 0 Å². The molecule has 3 rings (SSSR count). The molecule has 0 atom stereocenters. The summed E-state index contributed by atoms with van der Waals surface area (Å²) < 4.78 is 0. The molecule has 0 aliphatic carbocycles. The third-order valence-corrected chi connectivity index (χ3v) is 4.54. The van der Waals surface area contributed by atoms with Gasteiger partial charge in [-0.05, 0) is 56.6 Å². The molecule has 4 nitrogen and oxygen atoms in total. The fourth-order valence-corrected chi connectivity index (χ4v) is 3.21. The number of piperidine rings is 1. The molecule has 2 saturated heterocycles. The Balaban J connectivity index is 0.000000924. The molecule has 2 aliphatic heterocycles. The predicted molar refractivity (Wildman–Crippen MR) is 96.5 cm³/mol. The number of likely N-dealkylation sites (tertiary alicyclic amines) is 1. The maximum atomic E-state index is 11.4. The smallest absolute Gasteiger partial charge is 0.227 e. The lowest BCUT2D eigenvalue weighted by Gasteiger charge is -2.33. The minimum absolute atomic E-state index is 0.0581. The molecular formula is C19H29N3O. The van der Waals surface area contributed by atoms with E-state index in [1.54, 1.807) is 0 Å². The van der Waals surface area contributed by atoms with Crippen LogP contribution in [-0.2, 0) is 4.79 Å². The van der Waals surface area contributed by atoms with Gasteiger partial charge in [0.2, 0.25) is 5.91 Å². The van der Waals surface area contributed by atoms with Crippen molar-refractivity contribution in [2.75, 3.05) is 31.6 Å². The first-order valence-corrected chi connectivity index (χ1v) is 8.68. The van der Waals surface area contributed by atoms with E-state index in [1.165, 1.54) is 31.5 Å². The molecule has 0 saturated carbocycles. The average Bonchev–Trinajstić information content (AvgIpc) is 2.57. The number of carbonyl (C=O) groups is 1. The van der Waals surface area contributed by atoms with Crippen LogP contribution in [0.4, 0.5) is 5.69 Å². The Morgan fingerprint density at radius 1 is 1.17 bits per heavy atom. The van der Waals surface area contributed by atoms with Gasteiger partial charge < -0.3 is 15.1 Å². The molecule has 23 heavy (non-hydrogen) atoms. The lowest BCUT2D eigenvalue weighted by Crippen LogP contribution is -2.42. The van der Waals surface area contributed by atoms with Crippen molar-refractivity contribution in [1.82, 2.24) is 10.2 Å². The second-order valence-corrected chi connectivity index (χ2v) is 6.07. The Morgan fingerprint density at radius 3 is 2.52 bits per heavy atom. The van der Waals surface area contributed by atoms with Crippen LogP contribution in [-0.4, -0.2) is 37.5 Å². The van der Waals surface area contributed by atoms with E-state index in [0.717, 1.165) is 5.69 Å². The molecule has 4 heteroatoms. The molecule has 1 aromatic carbocycles. The minimum atomic E-state index is 0.0581. The molecule has 0 spiro atoms. The predicted octanol–water partition coefficient (Wildman–Crippen LogP) is 3.32. The van der Waals surface area contributed by atoms with Gasteiger partial charge >= 0.3 is 0 Å². The van der Waals surface area contributed by atoms with Crippen LogP contribution < -0.4 is 10.2 Å². The quantitative estimate of drug-likeness (QED) is 0.909. The number of nitrogens with zero attached hydrogens (tertiary/aromatic N) is 2. The van der Waals surface area contributed by atoms with Crippen LogP contribution in [0.3, 0.4) is 0 Å². The zero-order valence-corrected chi connectivity index (χ0v) is 14.6. The highest BCUT2D eigenvalue weighted by atomic mass is 16.1. The molecule has 1 amide bonds. The average molecular weight is 315 g/mol. The molecule has 0 unspecified atom stereocenters. The van der Waals surface area contributed by atoms with Gasteiger partial charge in [0.15, 0.2) is 0 Å². The summed E-state index contributed by atoms with van der Waals surface area (Å²) in [5.41, 5.74) is 2.54. The molecule has 0 bridgehead atoms. The van der Waals surface area contributed by atoms with Crippen molar-refractivity contribution in [1.29, 1.82) is 0 Å². The molecule has 2 aliphatic rings. The summed E-state index contributed by atoms with van der Waals surface area (Å²) >= 11 is 0. The number of rotatable bonds is 2. The number of amides is 1. The third-order valence-electron chi connectivity index (χ3n) is 4.54. The van der Waals surface area contributed by atoms with Gasteiger partial charge in [-0.15, -0.1) is 0 Å². The van der Waals surface area contributed by atoms with Gasteiger partial charge in [0.25, 0.3) is 0 Å². The van der Waals surface area contributed by atoms with Crippen LogP contribution in [0.15, 0.2) is 36.7 Å².